The van der Waals surface area contributed by atoms with Crippen molar-refractivity contribution in [2.75, 3.05) is 6.54 Å². The van der Waals surface area contributed by atoms with Crippen LogP contribution in [0.1, 0.15) is 44.1 Å². The van der Waals surface area contributed by atoms with Gasteiger partial charge in [-0.2, -0.15) is 10.2 Å². The summed E-state index contributed by atoms with van der Waals surface area (Å²) in [7, 11) is 1.83. The monoisotopic (exact) mass is 419 g/mol. The zero-order valence-electron chi connectivity index (χ0n) is 18.2. The Hall–Kier alpha value is -3.62. The predicted octanol–water partition coefficient (Wildman–Crippen LogP) is 2.71. The molecule has 4 rings (SSSR count). The van der Waals surface area contributed by atoms with Crippen LogP contribution in [0.2, 0.25) is 0 Å². The third-order valence-electron chi connectivity index (χ3n) is 5.34. The number of pyridine rings is 1. The minimum atomic E-state index is -0.457. The van der Waals surface area contributed by atoms with Crippen LogP contribution in [0.4, 0.5) is 0 Å². The number of rotatable bonds is 5. The lowest BCUT2D eigenvalue weighted by Crippen LogP contribution is -2.34. The van der Waals surface area contributed by atoms with Gasteiger partial charge in [-0.05, 0) is 39.8 Å². The molecule has 1 aliphatic rings. The van der Waals surface area contributed by atoms with Crippen LogP contribution in [0, 0.1) is 5.92 Å². The zero-order chi connectivity index (χ0) is 22.3. The highest BCUT2D eigenvalue weighted by Crippen LogP contribution is 2.26. The van der Waals surface area contributed by atoms with Crippen LogP contribution in [0.5, 0.6) is 0 Å². The highest BCUT2D eigenvalue weighted by Gasteiger charge is 2.25. The highest BCUT2D eigenvalue weighted by molar-refractivity contribution is 6.08. The summed E-state index contributed by atoms with van der Waals surface area (Å²) in [6, 6.07) is 1.83. The number of aromatic nitrogens is 5. The molecule has 0 aromatic carbocycles. The van der Waals surface area contributed by atoms with Gasteiger partial charge in [0.25, 0.3) is 11.8 Å². The molecule has 0 radical (unpaired) electrons. The summed E-state index contributed by atoms with van der Waals surface area (Å²) in [6.07, 6.45) is 7.09. The number of nitrogens with one attached hydrogen (secondary N) is 1. The number of amides is 2. The first kappa shape index (κ1) is 20.6. The number of dihydropyridines is 1. The Bertz CT molecular complexity index is 1250. The summed E-state index contributed by atoms with van der Waals surface area (Å²) in [5, 5.41) is 12.2. The molecule has 0 saturated carbocycles. The molecule has 0 aliphatic carbocycles. The molecule has 9 heteroatoms. The van der Waals surface area contributed by atoms with E-state index in [4.69, 9.17) is 4.98 Å². The molecule has 1 aliphatic heterocycles. The number of aliphatic imine (C=N–C) groups is 1. The van der Waals surface area contributed by atoms with Crippen LogP contribution < -0.4 is 5.32 Å². The van der Waals surface area contributed by atoms with E-state index < -0.39 is 5.92 Å². The quantitative estimate of drug-likeness (QED) is 0.684. The van der Waals surface area contributed by atoms with E-state index in [1.165, 1.54) is 0 Å². The van der Waals surface area contributed by atoms with Crippen LogP contribution in [0.3, 0.4) is 0 Å². The summed E-state index contributed by atoms with van der Waals surface area (Å²) in [5.41, 5.74) is 4.11. The summed E-state index contributed by atoms with van der Waals surface area (Å²) in [5.74, 6) is -0.977. The van der Waals surface area contributed by atoms with E-state index in [-0.39, 0.29) is 24.4 Å². The standard InChI is InChI=1S/C22H25N7O2/c1-12(2)29-20-18(10-25-29)16(7-19(27-20)15-8-24-28(5)11-15)21(30)23-9-17-13(3)6-14(4)26-22(17)31/h6-8,10-12,17H,9H2,1-5H3,(H,23,30). The summed E-state index contributed by atoms with van der Waals surface area (Å²) in [4.78, 5) is 34.2. The number of carbonyl (C=O) groups excluding carboxylic acids is 2. The van der Waals surface area contributed by atoms with E-state index in [0.29, 0.717) is 28.0 Å². The Labute approximate surface area is 179 Å². The topological polar surface area (TPSA) is 107 Å². The van der Waals surface area contributed by atoms with E-state index in [2.05, 4.69) is 20.5 Å². The molecule has 160 valence electrons. The second-order valence-electron chi connectivity index (χ2n) is 8.12. The minimum absolute atomic E-state index is 0.0822. The molecule has 3 aromatic heterocycles. The van der Waals surface area contributed by atoms with Crippen molar-refractivity contribution < 1.29 is 9.59 Å². The van der Waals surface area contributed by atoms with Gasteiger partial charge < -0.3 is 5.32 Å². The average Bonchev–Trinajstić information content (AvgIpc) is 3.32. The minimum Gasteiger partial charge on any atom is -0.351 e. The molecule has 0 saturated heterocycles. The fraction of sp³-hybridized carbons (Fsp3) is 0.364. The van der Waals surface area contributed by atoms with Gasteiger partial charge in [0.2, 0.25) is 0 Å². The first-order chi connectivity index (χ1) is 14.7. The van der Waals surface area contributed by atoms with Crippen LogP contribution in [0.25, 0.3) is 22.3 Å². The molecule has 3 aromatic rings. The molecule has 9 nitrogen and oxygen atoms in total. The molecule has 4 heterocycles. The van der Waals surface area contributed by atoms with Gasteiger partial charge in [-0.25, -0.2) is 14.7 Å². The largest absolute Gasteiger partial charge is 0.351 e. The fourth-order valence-corrected chi connectivity index (χ4v) is 3.73. The number of allylic oxidation sites excluding steroid dienone is 1. The Morgan fingerprint density at radius 1 is 1.23 bits per heavy atom. The number of hydrogen-bond donors (Lipinski definition) is 1. The van der Waals surface area contributed by atoms with Gasteiger partial charge >= 0.3 is 0 Å². The van der Waals surface area contributed by atoms with Crippen molar-refractivity contribution in [3.63, 3.8) is 0 Å². The molecule has 1 unspecified atom stereocenters. The molecule has 1 N–H and O–H groups in total. The van der Waals surface area contributed by atoms with Crippen molar-refractivity contribution in [1.82, 2.24) is 29.9 Å². The van der Waals surface area contributed by atoms with Crippen molar-refractivity contribution in [3.05, 3.63) is 41.9 Å². The van der Waals surface area contributed by atoms with Gasteiger partial charge in [0, 0.05) is 37.1 Å². The predicted molar refractivity (Wildman–Crippen MR) is 118 cm³/mol. The Balaban J connectivity index is 1.70. The first-order valence-corrected chi connectivity index (χ1v) is 10.2. The zero-order valence-corrected chi connectivity index (χ0v) is 18.2. The van der Waals surface area contributed by atoms with E-state index in [1.54, 1.807) is 34.7 Å². The third kappa shape index (κ3) is 3.90. The van der Waals surface area contributed by atoms with Crippen molar-refractivity contribution in [2.45, 2.75) is 33.7 Å². The van der Waals surface area contributed by atoms with E-state index in [9.17, 15) is 9.59 Å². The van der Waals surface area contributed by atoms with Gasteiger partial charge in [-0.3, -0.25) is 14.3 Å². The molecule has 0 bridgehead atoms. The van der Waals surface area contributed by atoms with Crippen molar-refractivity contribution in [2.24, 2.45) is 18.0 Å². The van der Waals surface area contributed by atoms with E-state index in [0.717, 1.165) is 11.1 Å². The fourth-order valence-electron chi connectivity index (χ4n) is 3.73. The molecule has 1 atom stereocenters. The first-order valence-electron chi connectivity index (χ1n) is 10.2. The van der Waals surface area contributed by atoms with Crippen LogP contribution in [0.15, 0.2) is 41.3 Å². The summed E-state index contributed by atoms with van der Waals surface area (Å²) < 4.78 is 3.48. The van der Waals surface area contributed by atoms with Crippen molar-refractivity contribution >= 4 is 28.6 Å². The van der Waals surface area contributed by atoms with Gasteiger partial charge in [0.1, 0.15) is 0 Å². The molecule has 0 fully saturated rings. The average molecular weight is 419 g/mol. The third-order valence-corrected chi connectivity index (χ3v) is 5.34. The maximum atomic E-state index is 13.2. The second-order valence-corrected chi connectivity index (χ2v) is 8.12. The van der Waals surface area contributed by atoms with E-state index >= 15 is 0 Å². The number of nitrogens with zero attached hydrogens (tertiary/aromatic N) is 6. The molecular formula is C22H25N7O2. The van der Waals surface area contributed by atoms with Crippen LogP contribution in [-0.2, 0) is 11.8 Å². The smallest absolute Gasteiger partial charge is 0.254 e. The number of fused-ring (bicyclic) bond motifs is 1. The van der Waals surface area contributed by atoms with Crippen LogP contribution >= 0.6 is 0 Å². The van der Waals surface area contributed by atoms with Gasteiger partial charge in [0.05, 0.1) is 35.0 Å². The maximum Gasteiger partial charge on any atom is 0.254 e. The number of carbonyl (C=O) groups is 2. The lowest BCUT2D eigenvalue weighted by Gasteiger charge is -2.19. The van der Waals surface area contributed by atoms with Gasteiger partial charge in [0.15, 0.2) is 5.65 Å². The Kier molecular flexibility index (Phi) is 5.26. The molecule has 31 heavy (non-hydrogen) atoms. The second kappa shape index (κ2) is 7.90. The lowest BCUT2D eigenvalue weighted by molar-refractivity contribution is -0.120. The lowest BCUT2D eigenvalue weighted by atomic mass is 9.95. The Morgan fingerprint density at radius 2 is 2.00 bits per heavy atom. The summed E-state index contributed by atoms with van der Waals surface area (Å²) in [6.45, 7) is 7.87. The van der Waals surface area contributed by atoms with Crippen molar-refractivity contribution in [1.29, 1.82) is 0 Å². The number of aryl methyl sites for hydroxylation is 1. The molecule has 0 spiro atoms. The van der Waals surface area contributed by atoms with Gasteiger partial charge in [-0.1, -0.05) is 5.57 Å². The normalized spacial score (nSPS) is 16.6. The SMILES string of the molecule is CC1=CC(C)=NC(=O)C1CNC(=O)c1cc(-c2cnn(C)c2)nc2c1cnn2C(C)C. The van der Waals surface area contributed by atoms with Crippen molar-refractivity contribution in [3.8, 4) is 11.3 Å². The molecular weight excluding hydrogens is 394 g/mol. The van der Waals surface area contributed by atoms with E-state index in [1.807, 2.05) is 40.1 Å². The van der Waals surface area contributed by atoms with Crippen LogP contribution in [-0.4, -0.2) is 48.6 Å². The highest BCUT2D eigenvalue weighted by atomic mass is 16.2. The maximum absolute atomic E-state index is 13.2. The molecule has 2 amide bonds. The summed E-state index contributed by atoms with van der Waals surface area (Å²) >= 11 is 0. The number of hydrogen-bond acceptors (Lipinski definition) is 5. The Morgan fingerprint density at radius 3 is 2.65 bits per heavy atom. The van der Waals surface area contributed by atoms with Gasteiger partial charge in [-0.15, -0.1) is 0 Å².